The zero-order chi connectivity index (χ0) is 24.3. The Labute approximate surface area is 201 Å². The number of halogens is 2. The van der Waals surface area contributed by atoms with E-state index in [9.17, 15) is 18.7 Å². The molecule has 1 aliphatic rings. The van der Waals surface area contributed by atoms with E-state index in [0.717, 1.165) is 28.7 Å². The lowest BCUT2D eigenvalue weighted by atomic mass is 10.0. The van der Waals surface area contributed by atoms with Crippen molar-refractivity contribution in [3.8, 4) is 0 Å². The summed E-state index contributed by atoms with van der Waals surface area (Å²) < 4.78 is 29.3. The largest absolute Gasteiger partial charge is 0.387 e. The molecule has 1 aromatic carbocycles. The van der Waals surface area contributed by atoms with E-state index in [0.29, 0.717) is 24.5 Å². The van der Waals surface area contributed by atoms with Gasteiger partial charge >= 0.3 is 0 Å². The fourth-order valence-corrected chi connectivity index (χ4v) is 4.64. The summed E-state index contributed by atoms with van der Waals surface area (Å²) in [6.07, 6.45) is 1.10. The first-order chi connectivity index (χ1) is 16.2. The Hall–Kier alpha value is -2.85. The number of aliphatic hydroxyl groups is 1. The molecule has 0 aliphatic heterocycles. The lowest BCUT2D eigenvalue weighted by Crippen LogP contribution is -2.42. The summed E-state index contributed by atoms with van der Waals surface area (Å²) >= 11 is 1.53. The van der Waals surface area contributed by atoms with E-state index in [1.165, 1.54) is 31.4 Å². The number of anilines is 3. The molecule has 2 heterocycles. The minimum Gasteiger partial charge on any atom is -0.387 e. The molecule has 3 aromatic rings. The number of rotatable bonds is 9. The number of nitrogens with one attached hydrogen (secondary N) is 3. The third-order valence-electron chi connectivity index (χ3n) is 6.08. The van der Waals surface area contributed by atoms with E-state index in [-0.39, 0.29) is 18.0 Å². The number of carbonyl (C=O) groups excluding carboxylic acids is 1. The van der Waals surface area contributed by atoms with Gasteiger partial charge in [-0.1, -0.05) is 6.42 Å². The number of hydrogen-bond acceptors (Lipinski definition) is 7. The molecule has 1 saturated carbocycles. The predicted molar refractivity (Wildman–Crippen MR) is 131 cm³/mol. The molecule has 0 radical (unpaired) electrons. The average molecular weight is 490 g/mol. The number of benzene rings is 1. The van der Waals surface area contributed by atoms with Gasteiger partial charge in [0.25, 0.3) is 5.91 Å². The van der Waals surface area contributed by atoms with E-state index in [2.05, 4.69) is 25.9 Å². The van der Waals surface area contributed by atoms with Gasteiger partial charge in [0.15, 0.2) is 0 Å². The molecule has 3 unspecified atom stereocenters. The molecule has 0 spiro atoms. The van der Waals surface area contributed by atoms with Gasteiger partial charge in [0.2, 0.25) is 0 Å². The first-order valence-corrected chi connectivity index (χ1v) is 12.2. The van der Waals surface area contributed by atoms with Crippen LogP contribution in [0.2, 0.25) is 0 Å². The number of carbonyl (C=O) groups is 1. The second-order valence-corrected chi connectivity index (χ2v) is 10.1. The normalized spacial score (nSPS) is 19.2. The van der Waals surface area contributed by atoms with Crippen LogP contribution in [0.4, 0.5) is 26.0 Å². The van der Waals surface area contributed by atoms with Crippen molar-refractivity contribution < 1.29 is 18.7 Å². The van der Waals surface area contributed by atoms with Gasteiger partial charge in [-0.15, -0.1) is 11.3 Å². The van der Waals surface area contributed by atoms with Gasteiger partial charge < -0.3 is 21.1 Å². The molecule has 0 saturated heterocycles. The highest BCUT2D eigenvalue weighted by Crippen LogP contribution is 2.30. The quantitative estimate of drug-likeness (QED) is 0.344. The van der Waals surface area contributed by atoms with Crippen molar-refractivity contribution in [1.29, 1.82) is 0 Å². The zero-order valence-corrected chi connectivity index (χ0v) is 20.0. The van der Waals surface area contributed by atoms with Crippen molar-refractivity contribution in [2.24, 2.45) is 5.92 Å². The molecule has 4 N–H and O–H groups in total. The molecule has 10 heteroatoms. The monoisotopic (exact) mass is 489 g/mol. The minimum absolute atomic E-state index is 0.125. The smallest absolute Gasteiger partial charge is 0.255 e. The van der Waals surface area contributed by atoms with Crippen molar-refractivity contribution in [1.82, 2.24) is 15.3 Å². The lowest BCUT2D eigenvalue weighted by Gasteiger charge is -2.23. The van der Waals surface area contributed by atoms with Gasteiger partial charge in [-0.3, -0.25) is 4.79 Å². The summed E-state index contributed by atoms with van der Waals surface area (Å²) in [5, 5.41) is 18.7. The Kier molecular flexibility index (Phi) is 7.27. The Balaban J connectivity index is 1.53. The third-order valence-corrected chi connectivity index (χ3v) is 6.87. The molecule has 3 atom stereocenters. The maximum absolute atomic E-state index is 14.1. The van der Waals surface area contributed by atoms with Crippen molar-refractivity contribution in [2.45, 2.75) is 51.1 Å². The van der Waals surface area contributed by atoms with E-state index >= 15 is 0 Å². The maximum atomic E-state index is 14.1. The second kappa shape index (κ2) is 10.2. The first-order valence-electron chi connectivity index (χ1n) is 11.3. The lowest BCUT2D eigenvalue weighted by molar-refractivity contribution is -0.00177. The molecule has 34 heavy (non-hydrogen) atoms. The fourth-order valence-electron chi connectivity index (χ4n) is 3.92. The van der Waals surface area contributed by atoms with Crippen LogP contribution in [0.1, 0.15) is 43.5 Å². The molecule has 182 valence electrons. The molecule has 0 bridgehead atoms. The molecule has 4 rings (SSSR count). The Morgan fingerprint density at radius 2 is 2.12 bits per heavy atom. The molecule has 2 aromatic heterocycles. The predicted octanol–water partition coefficient (Wildman–Crippen LogP) is 4.82. The average Bonchev–Trinajstić information content (AvgIpc) is 3.43. The number of thiazole rings is 1. The molecule has 1 aliphatic carbocycles. The summed E-state index contributed by atoms with van der Waals surface area (Å²) in [4.78, 5) is 21.4. The summed E-state index contributed by atoms with van der Waals surface area (Å²) in [6.45, 7) is 2.73. The van der Waals surface area contributed by atoms with Crippen molar-refractivity contribution in [2.75, 3.05) is 23.7 Å². The van der Waals surface area contributed by atoms with E-state index in [4.69, 9.17) is 0 Å². The van der Waals surface area contributed by atoms with Crippen LogP contribution in [0.5, 0.6) is 0 Å². The Bertz CT molecular complexity index is 1150. The highest BCUT2D eigenvalue weighted by Gasteiger charge is 2.28. The van der Waals surface area contributed by atoms with Gasteiger partial charge in [-0.2, -0.15) is 0 Å². The van der Waals surface area contributed by atoms with Crippen molar-refractivity contribution >= 4 is 44.7 Å². The highest BCUT2D eigenvalue weighted by molar-refractivity contribution is 7.16. The van der Waals surface area contributed by atoms with Crippen molar-refractivity contribution in [3.05, 3.63) is 41.5 Å². The number of aromatic nitrogens is 2. The summed E-state index contributed by atoms with van der Waals surface area (Å²) in [5.74, 6) is -0.145. The first kappa shape index (κ1) is 24.3. The number of nitrogens with zero attached hydrogens (tertiary/aromatic N) is 2. The van der Waals surface area contributed by atoms with Gasteiger partial charge in [0.05, 0.1) is 39.1 Å². The van der Waals surface area contributed by atoms with Crippen LogP contribution in [0, 0.1) is 5.92 Å². The van der Waals surface area contributed by atoms with Gasteiger partial charge in [-0.05, 0) is 44.9 Å². The van der Waals surface area contributed by atoms with Crippen LogP contribution in [-0.4, -0.2) is 52.0 Å². The highest BCUT2D eigenvalue weighted by atomic mass is 32.1. The summed E-state index contributed by atoms with van der Waals surface area (Å²) in [5.41, 5.74) is 2.64. The topological polar surface area (TPSA) is 99.2 Å². The molecule has 1 amide bonds. The Morgan fingerprint density at radius 3 is 2.85 bits per heavy atom. The van der Waals surface area contributed by atoms with Crippen molar-refractivity contribution in [3.63, 3.8) is 0 Å². The van der Waals surface area contributed by atoms with Crippen LogP contribution >= 0.6 is 11.3 Å². The molecule has 1 fully saturated rings. The second-order valence-electron chi connectivity index (χ2n) is 9.19. The van der Waals surface area contributed by atoms with Crippen LogP contribution in [0.3, 0.4) is 0 Å². The summed E-state index contributed by atoms with van der Waals surface area (Å²) in [7, 11) is 0. The molecular formula is C24H29F2N5O2S. The molecule has 7 nitrogen and oxygen atoms in total. The van der Waals surface area contributed by atoms with Crippen LogP contribution in [0.15, 0.2) is 36.0 Å². The third kappa shape index (κ3) is 5.79. The van der Waals surface area contributed by atoms with Gasteiger partial charge in [0.1, 0.15) is 18.2 Å². The van der Waals surface area contributed by atoms with Gasteiger partial charge in [0, 0.05) is 30.4 Å². The van der Waals surface area contributed by atoms with Crippen LogP contribution in [-0.2, 0) is 0 Å². The van der Waals surface area contributed by atoms with E-state index < -0.39 is 23.9 Å². The number of fused-ring (bicyclic) bond motifs is 1. The standard InChI is InChI=1S/C24H29F2N5O2S/c1-24(2,33)21(26)12-29-23(32)16-11-28-22(9-19(16)27-10-14-4-3-5-17(14)25)31-15-6-7-18-20(8-15)34-13-30-18/h6-9,11,13-14,17,21,33H,3-5,10,12H2,1-2H3,(H,29,32)(H2,27,28,31). The fraction of sp³-hybridized carbons (Fsp3) is 0.458. The number of alkyl halides is 2. The summed E-state index contributed by atoms with van der Waals surface area (Å²) in [6, 6.07) is 7.46. The van der Waals surface area contributed by atoms with E-state index in [1.807, 2.05) is 18.2 Å². The van der Waals surface area contributed by atoms with Gasteiger partial charge in [-0.25, -0.2) is 18.7 Å². The molecular weight excluding hydrogens is 460 g/mol. The number of amides is 1. The maximum Gasteiger partial charge on any atom is 0.255 e. The number of pyridine rings is 1. The minimum atomic E-state index is -1.63. The van der Waals surface area contributed by atoms with Crippen LogP contribution in [0.25, 0.3) is 10.2 Å². The van der Waals surface area contributed by atoms with Crippen LogP contribution < -0.4 is 16.0 Å². The zero-order valence-electron chi connectivity index (χ0n) is 19.1. The van der Waals surface area contributed by atoms with E-state index in [1.54, 1.807) is 11.6 Å². The number of hydrogen-bond donors (Lipinski definition) is 4. The SMILES string of the molecule is CC(C)(O)C(F)CNC(=O)c1cnc(Nc2ccc3ncsc3c2)cc1NCC1CCCC1F. The Morgan fingerprint density at radius 1 is 1.29 bits per heavy atom.